The highest BCUT2D eigenvalue weighted by atomic mass is 35.5. The standard InChI is InChI=1S/C22H30ClN3O2S/c1-18-4-3-14-26(16-18)24-29(27,28)22-11-7-20(8-12-22)17-25(2)15-13-19-5-9-21(23)10-6-19/h5-12,18,24H,3-4,13-17H2,1-2H3. The second kappa shape index (κ2) is 10.0. The van der Waals surface area contributed by atoms with E-state index < -0.39 is 10.0 Å². The average molecular weight is 436 g/mol. The van der Waals surface area contributed by atoms with Crippen molar-refractivity contribution >= 4 is 21.6 Å². The van der Waals surface area contributed by atoms with Crippen LogP contribution in [0.4, 0.5) is 0 Å². The first-order chi connectivity index (χ1) is 13.8. The van der Waals surface area contributed by atoms with Crippen molar-refractivity contribution in [3.8, 4) is 0 Å². The number of halogens is 1. The van der Waals surface area contributed by atoms with E-state index in [4.69, 9.17) is 11.6 Å². The summed E-state index contributed by atoms with van der Waals surface area (Å²) in [6.07, 6.45) is 3.11. The van der Waals surface area contributed by atoms with E-state index in [1.54, 1.807) is 12.1 Å². The van der Waals surface area contributed by atoms with Crippen LogP contribution in [-0.4, -0.2) is 45.0 Å². The quantitative estimate of drug-likeness (QED) is 0.682. The highest BCUT2D eigenvalue weighted by Crippen LogP contribution is 2.17. The van der Waals surface area contributed by atoms with Gasteiger partial charge < -0.3 is 4.90 Å². The van der Waals surface area contributed by atoms with Gasteiger partial charge in [-0.25, -0.2) is 13.4 Å². The van der Waals surface area contributed by atoms with E-state index in [-0.39, 0.29) is 0 Å². The second-order valence-electron chi connectivity index (χ2n) is 8.05. The van der Waals surface area contributed by atoms with Crippen LogP contribution in [0.3, 0.4) is 0 Å². The van der Waals surface area contributed by atoms with Crippen molar-refractivity contribution in [3.05, 3.63) is 64.7 Å². The molecule has 1 N–H and O–H groups in total. The summed E-state index contributed by atoms with van der Waals surface area (Å²) in [5, 5.41) is 2.57. The molecule has 1 saturated heterocycles. The number of rotatable bonds is 8. The number of sulfonamides is 1. The van der Waals surface area contributed by atoms with E-state index in [2.05, 4.69) is 23.7 Å². The molecule has 0 bridgehead atoms. The number of likely N-dealkylation sites (N-methyl/N-ethyl adjacent to an activating group) is 1. The first-order valence-electron chi connectivity index (χ1n) is 10.1. The molecular formula is C22H30ClN3O2S. The Morgan fingerprint density at radius 2 is 1.76 bits per heavy atom. The largest absolute Gasteiger partial charge is 0.302 e. The van der Waals surface area contributed by atoms with E-state index in [0.717, 1.165) is 56.0 Å². The van der Waals surface area contributed by atoms with Gasteiger partial charge in [0.25, 0.3) is 10.0 Å². The molecule has 0 radical (unpaired) electrons. The average Bonchev–Trinajstić information content (AvgIpc) is 2.68. The predicted molar refractivity (Wildman–Crippen MR) is 118 cm³/mol. The van der Waals surface area contributed by atoms with Crippen LogP contribution < -0.4 is 4.83 Å². The molecule has 1 heterocycles. The fourth-order valence-electron chi connectivity index (χ4n) is 3.63. The number of hydrogen-bond donors (Lipinski definition) is 1. The summed E-state index contributed by atoms with van der Waals surface area (Å²) in [5.41, 5.74) is 2.34. The smallest absolute Gasteiger partial charge is 0.253 e. The fraction of sp³-hybridized carbons (Fsp3) is 0.455. The maximum Gasteiger partial charge on any atom is 0.253 e. The van der Waals surface area contributed by atoms with E-state index >= 15 is 0 Å². The summed E-state index contributed by atoms with van der Waals surface area (Å²) >= 11 is 5.93. The van der Waals surface area contributed by atoms with Gasteiger partial charge in [0.05, 0.1) is 4.90 Å². The molecule has 2 aromatic carbocycles. The third-order valence-corrected chi connectivity index (χ3v) is 6.93. The van der Waals surface area contributed by atoms with E-state index in [0.29, 0.717) is 10.8 Å². The lowest BCUT2D eigenvalue weighted by molar-refractivity contribution is 0.159. The second-order valence-corrected chi connectivity index (χ2v) is 10.1. The van der Waals surface area contributed by atoms with E-state index in [9.17, 15) is 8.42 Å². The summed E-state index contributed by atoms with van der Waals surface area (Å²) in [5.74, 6) is 0.511. The number of piperidine rings is 1. The van der Waals surface area contributed by atoms with Crippen molar-refractivity contribution in [1.82, 2.24) is 14.7 Å². The van der Waals surface area contributed by atoms with Crippen LogP contribution in [0, 0.1) is 5.92 Å². The van der Waals surface area contributed by atoms with Crippen molar-refractivity contribution in [2.45, 2.75) is 37.6 Å². The van der Waals surface area contributed by atoms with Gasteiger partial charge >= 0.3 is 0 Å². The summed E-state index contributed by atoms with van der Waals surface area (Å²) in [4.78, 5) is 5.27. The minimum atomic E-state index is -3.53. The molecule has 1 aliphatic heterocycles. The summed E-state index contributed by atoms with van der Waals surface area (Å²) in [6, 6.07) is 15.1. The SMILES string of the molecule is CC1CCCN(NS(=O)(=O)c2ccc(CN(C)CCc3ccc(Cl)cc3)cc2)C1. The highest BCUT2D eigenvalue weighted by molar-refractivity contribution is 7.89. The molecule has 158 valence electrons. The highest BCUT2D eigenvalue weighted by Gasteiger charge is 2.22. The molecule has 7 heteroatoms. The number of hydrogen-bond acceptors (Lipinski definition) is 4. The Balaban J connectivity index is 1.52. The Kier molecular flexibility index (Phi) is 7.71. The van der Waals surface area contributed by atoms with Gasteiger partial charge in [-0.1, -0.05) is 42.8 Å². The molecule has 2 aromatic rings. The Morgan fingerprint density at radius 1 is 1.10 bits per heavy atom. The predicted octanol–water partition coefficient (Wildman–Crippen LogP) is 3.94. The first kappa shape index (κ1) is 22.2. The van der Waals surface area contributed by atoms with Crippen LogP contribution in [-0.2, 0) is 23.0 Å². The zero-order valence-electron chi connectivity index (χ0n) is 17.1. The van der Waals surface area contributed by atoms with Crippen LogP contribution in [0.5, 0.6) is 0 Å². The Morgan fingerprint density at radius 3 is 2.41 bits per heavy atom. The zero-order valence-corrected chi connectivity index (χ0v) is 18.7. The Bertz CT molecular complexity index is 885. The number of nitrogens with one attached hydrogen (secondary N) is 1. The van der Waals surface area contributed by atoms with Crippen molar-refractivity contribution in [2.75, 3.05) is 26.7 Å². The third-order valence-electron chi connectivity index (χ3n) is 5.29. The molecule has 0 aliphatic carbocycles. The molecule has 0 saturated carbocycles. The van der Waals surface area contributed by atoms with Gasteiger partial charge in [0.2, 0.25) is 0 Å². The van der Waals surface area contributed by atoms with Crippen molar-refractivity contribution < 1.29 is 8.42 Å². The molecule has 1 fully saturated rings. The van der Waals surface area contributed by atoms with Crippen LogP contribution >= 0.6 is 11.6 Å². The van der Waals surface area contributed by atoms with Crippen LogP contribution in [0.2, 0.25) is 5.02 Å². The molecule has 0 amide bonds. The molecule has 1 unspecified atom stereocenters. The minimum absolute atomic E-state index is 0.309. The third kappa shape index (κ3) is 6.79. The van der Waals surface area contributed by atoms with Gasteiger partial charge in [-0.2, -0.15) is 0 Å². The first-order valence-corrected chi connectivity index (χ1v) is 12.0. The molecule has 29 heavy (non-hydrogen) atoms. The Hall–Kier alpha value is -1.44. The maximum absolute atomic E-state index is 12.7. The minimum Gasteiger partial charge on any atom is -0.302 e. The van der Waals surface area contributed by atoms with E-state index in [1.165, 1.54) is 5.56 Å². The molecule has 1 atom stereocenters. The van der Waals surface area contributed by atoms with Gasteiger partial charge in [-0.3, -0.25) is 0 Å². The van der Waals surface area contributed by atoms with Crippen LogP contribution in [0.1, 0.15) is 30.9 Å². The van der Waals surface area contributed by atoms with Gasteiger partial charge in [-0.15, -0.1) is 4.83 Å². The topological polar surface area (TPSA) is 52.7 Å². The fourth-order valence-corrected chi connectivity index (χ4v) is 4.86. The monoisotopic (exact) mass is 435 g/mol. The van der Waals surface area contributed by atoms with Crippen molar-refractivity contribution in [3.63, 3.8) is 0 Å². The van der Waals surface area contributed by atoms with Crippen molar-refractivity contribution in [1.29, 1.82) is 0 Å². The number of benzene rings is 2. The Labute approximate surface area is 179 Å². The molecule has 1 aliphatic rings. The molecule has 0 spiro atoms. The summed E-state index contributed by atoms with van der Waals surface area (Å²) in [6.45, 7) is 5.36. The van der Waals surface area contributed by atoms with Gasteiger partial charge in [-0.05, 0) is 67.6 Å². The number of nitrogens with zero attached hydrogens (tertiary/aromatic N) is 2. The lowest BCUT2D eigenvalue weighted by Gasteiger charge is -2.30. The van der Waals surface area contributed by atoms with Crippen LogP contribution in [0.15, 0.2) is 53.4 Å². The number of hydrazine groups is 1. The molecule has 0 aromatic heterocycles. The van der Waals surface area contributed by atoms with E-state index in [1.807, 2.05) is 41.4 Å². The van der Waals surface area contributed by atoms with Gasteiger partial charge in [0, 0.05) is 31.2 Å². The maximum atomic E-state index is 12.7. The molecule has 5 nitrogen and oxygen atoms in total. The lowest BCUT2D eigenvalue weighted by atomic mass is 10.0. The zero-order chi connectivity index (χ0) is 20.9. The molecular weight excluding hydrogens is 406 g/mol. The van der Waals surface area contributed by atoms with Gasteiger partial charge in [0.15, 0.2) is 0 Å². The lowest BCUT2D eigenvalue weighted by Crippen LogP contribution is -2.47. The molecule has 3 rings (SSSR count). The van der Waals surface area contributed by atoms with Crippen molar-refractivity contribution in [2.24, 2.45) is 5.92 Å². The summed E-state index contributed by atoms with van der Waals surface area (Å²) in [7, 11) is -1.46. The van der Waals surface area contributed by atoms with Gasteiger partial charge in [0.1, 0.15) is 0 Å². The summed E-state index contributed by atoms with van der Waals surface area (Å²) < 4.78 is 25.3. The van der Waals surface area contributed by atoms with Crippen LogP contribution in [0.25, 0.3) is 0 Å². The normalized spacial score (nSPS) is 18.3.